The van der Waals surface area contributed by atoms with Crippen LogP contribution in [0.5, 0.6) is 0 Å². The molecule has 0 fully saturated rings. The monoisotopic (exact) mass is 270 g/mol. The molecule has 0 bridgehead atoms. The van der Waals surface area contributed by atoms with Gasteiger partial charge >= 0.3 is 0 Å². The summed E-state index contributed by atoms with van der Waals surface area (Å²) >= 11 is 0. The van der Waals surface area contributed by atoms with Gasteiger partial charge in [0.2, 0.25) is 5.56 Å². The normalized spacial score (nSPS) is 11.9. The van der Waals surface area contributed by atoms with Crippen molar-refractivity contribution >= 4 is 11.6 Å². The van der Waals surface area contributed by atoms with Gasteiger partial charge in [-0.05, 0) is 36.1 Å². The maximum Gasteiger partial charge on any atom is 0.255 e. The number of amides is 1. The van der Waals surface area contributed by atoms with Gasteiger partial charge < -0.3 is 10.3 Å². The predicted molar refractivity (Wildman–Crippen MR) is 80.2 cm³/mol. The third-order valence-corrected chi connectivity index (χ3v) is 3.39. The molecule has 1 aromatic heterocycles. The highest BCUT2D eigenvalue weighted by Crippen LogP contribution is 2.20. The molecule has 2 N–H and O–H groups in total. The first-order chi connectivity index (χ1) is 9.60. The lowest BCUT2D eigenvalue weighted by atomic mass is 9.98. The minimum Gasteiger partial charge on any atom is -0.329 e. The van der Waals surface area contributed by atoms with Crippen LogP contribution in [0.25, 0.3) is 0 Å². The van der Waals surface area contributed by atoms with Gasteiger partial charge in [-0.1, -0.05) is 26.0 Å². The molecule has 0 radical (unpaired) electrons. The Balaban J connectivity index is 2.10. The van der Waals surface area contributed by atoms with Crippen molar-refractivity contribution in [1.29, 1.82) is 0 Å². The van der Waals surface area contributed by atoms with Crippen LogP contribution in [0.1, 0.15) is 42.1 Å². The molecule has 1 amide bonds. The van der Waals surface area contributed by atoms with Crippen LogP contribution in [0.2, 0.25) is 0 Å². The number of aromatic amines is 1. The number of hydrogen-bond acceptors (Lipinski definition) is 2. The number of H-pyrrole nitrogens is 1. The van der Waals surface area contributed by atoms with E-state index >= 15 is 0 Å². The lowest BCUT2D eigenvalue weighted by molar-refractivity contribution is 0.102. The van der Waals surface area contributed by atoms with Crippen LogP contribution in [-0.4, -0.2) is 10.9 Å². The number of pyridine rings is 1. The minimum absolute atomic E-state index is 0.285. The van der Waals surface area contributed by atoms with Crippen LogP contribution >= 0.6 is 0 Å². The topological polar surface area (TPSA) is 62.0 Å². The lowest BCUT2D eigenvalue weighted by Crippen LogP contribution is -2.15. The summed E-state index contributed by atoms with van der Waals surface area (Å²) in [5.41, 5.74) is 2.04. The number of aromatic nitrogens is 1. The Hall–Kier alpha value is -2.36. The molecule has 0 saturated heterocycles. The van der Waals surface area contributed by atoms with Crippen molar-refractivity contribution in [2.75, 3.05) is 5.32 Å². The van der Waals surface area contributed by atoms with E-state index in [0.717, 1.165) is 12.1 Å². The Morgan fingerprint density at radius 1 is 1.25 bits per heavy atom. The van der Waals surface area contributed by atoms with Crippen LogP contribution in [0.4, 0.5) is 5.69 Å². The van der Waals surface area contributed by atoms with Crippen molar-refractivity contribution in [2.45, 2.75) is 26.2 Å². The van der Waals surface area contributed by atoms with E-state index in [9.17, 15) is 9.59 Å². The van der Waals surface area contributed by atoms with Crippen molar-refractivity contribution < 1.29 is 4.79 Å². The molecule has 20 heavy (non-hydrogen) atoms. The first-order valence-corrected chi connectivity index (χ1v) is 6.70. The first kappa shape index (κ1) is 14.1. The summed E-state index contributed by atoms with van der Waals surface area (Å²) in [5.74, 6) is 0.222. The molecular formula is C16H18N2O2. The molecule has 0 aliphatic rings. The first-order valence-electron chi connectivity index (χ1n) is 6.70. The van der Waals surface area contributed by atoms with E-state index in [1.54, 1.807) is 6.07 Å². The van der Waals surface area contributed by atoms with Crippen LogP contribution in [0.15, 0.2) is 47.4 Å². The van der Waals surface area contributed by atoms with Crippen LogP contribution in [0, 0.1) is 0 Å². The number of carbonyl (C=O) groups excluding carboxylic acids is 1. The molecule has 2 rings (SSSR count). The smallest absolute Gasteiger partial charge is 0.255 e. The predicted octanol–water partition coefficient (Wildman–Crippen LogP) is 3.14. The van der Waals surface area contributed by atoms with Gasteiger partial charge in [0.25, 0.3) is 5.91 Å². The number of hydrogen-bond donors (Lipinski definition) is 2. The standard InChI is InChI=1S/C16H18N2O2/c1-3-11(2)12-4-6-14(7-5-12)18-16(20)13-8-9-17-15(19)10-13/h4-11H,3H2,1-2H3,(H,17,19)(H,18,20). The van der Waals surface area contributed by atoms with Gasteiger partial charge in [0.1, 0.15) is 0 Å². The second kappa shape index (κ2) is 6.19. The highest BCUT2D eigenvalue weighted by Gasteiger charge is 2.07. The summed E-state index contributed by atoms with van der Waals surface area (Å²) in [4.78, 5) is 25.6. The highest BCUT2D eigenvalue weighted by atomic mass is 16.2. The minimum atomic E-state index is -0.287. The second-order valence-corrected chi connectivity index (χ2v) is 4.83. The maximum atomic E-state index is 12.0. The second-order valence-electron chi connectivity index (χ2n) is 4.83. The number of rotatable bonds is 4. The van der Waals surface area contributed by atoms with E-state index in [1.807, 2.05) is 24.3 Å². The number of nitrogens with one attached hydrogen (secondary N) is 2. The zero-order valence-corrected chi connectivity index (χ0v) is 11.6. The third kappa shape index (κ3) is 3.35. The van der Waals surface area contributed by atoms with E-state index in [2.05, 4.69) is 24.1 Å². The van der Waals surface area contributed by atoms with Gasteiger partial charge in [-0.2, -0.15) is 0 Å². The Morgan fingerprint density at radius 2 is 1.95 bits per heavy atom. The molecule has 4 nitrogen and oxygen atoms in total. The van der Waals surface area contributed by atoms with Crippen LogP contribution in [-0.2, 0) is 0 Å². The SMILES string of the molecule is CCC(C)c1ccc(NC(=O)c2cc[nH]c(=O)c2)cc1. The Kier molecular flexibility index (Phi) is 4.35. The van der Waals surface area contributed by atoms with E-state index < -0.39 is 0 Å². The molecule has 2 aromatic rings. The Bertz CT molecular complexity index is 644. The molecule has 0 saturated carbocycles. The van der Waals surface area contributed by atoms with Crippen molar-refractivity contribution in [2.24, 2.45) is 0 Å². The van der Waals surface area contributed by atoms with Crippen LogP contribution in [0.3, 0.4) is 0 Å². The molecule has 0 spiro atoms. The van der Waals surface area contributed by atoms with E-state index in [-0.39, 0.29) is 11.5 Å². The van der Waals surface area contributed by atoms with Crippen molar-refractivity contribution in [1.82, 2.24) is 4.98 Å². The molecule has 0 aliphatic carbocycles. The molecule has 0 aliphatic heterocycles. The van der Waals surface area contributed by atoms with Gasteiger partial charge in [-0.15, -0.1) is 0 Å². The molecule has 104 valence electrons. The van der Waals surface area contributed by atoms with Gasteiger partial charge in [-0.3, -0.25) is 9.59 Å². The molecule has 1 aromatic carbocycles. The average molecular weight is 270 g/mol. The van der Waals surface area contributed by atoms with E-state index in [1.165, 1.54) is 17.8 Å². The summed E-state index contributed by atoms with van der Waals surface area (Å²) in [5, 5.41) is 2.78. The quantitative estimate of drug-likeness (QED) is 0.896. The molecule has 1 atom stereocenters. The van der Waals surface area contributed by atoms with Crippen LogP contribution < -0.4 is 10.9 Å². The summed E-state index contributed by atoms with van der Waals surface area (Å²) < 4.78 is 0. The Morgan fingerprint density at radius 3 is 2.55 bits per heavy atom. The lowest BCUT2D eigenvalue weighted by Gasteiger charge is -2.10. The fourth-order valence-corrected chi connectivity index (χ4v) is 1.92. The number of carbonyl (C=O) groups is 1. The van der Waals surface area contributed by atoms with Crippen molar-refractivity contribution in [3.8, 4) is 0 Å². The third-order valence-electron chi connectivity index (χ3n) is 3.39. The van der Waals surface area contributed by atoms with Gasteiger partial charge in [0.15, 0.2) is 0 Å². The fraction of sp³-hybridized carbons (Fsp3) is 0.250. The van der Waals surface area contributed by atoms with Crippen molar-refractivity contribution in [3.05, 3.63) is 64.1 Å². The number of benzene rings is 1. The van der Waals surface area contributed by atoms with Crippen molar-refractivity contribution in [3.63, 3.8) is 0 Å². The summed E-state index contributed by atoms with van der Waals surface area (Å²) in [6, 6.07) is 10.6. The fourth-order valence-electron chi connectivity index (χ4n) is 1.92. The zero-order chi connectivity index (χ0) is 14.5. The maximum absolute atomic E-state index is 12.0. The summed E-state index contributed by atoms with van der Waals surface area (Å²) in [6.07, 6.45) is 2.54. The average Bonchev–Trinajstić information content (AvgIpc) is 2.47. The van der Waals surface area contributed by atoms with Gasteiger partial charge in [0, 0.05) is 23.5 Å². The van der Waals surface area contributed by atoms with E-state index in [0.29, 0.717) is 11.5 Å². The molecule has 4 heteroatoms. The van der Waals surface area contributed by atoms with Gasteiger partial charge in [0.05, 0.1) is 0 Å². The summed E-state index contributed by atoms with van der Waals surface area (Å²) in [7, 11) is 0. The summed E-state index contributed by atoms with van der Waals surface area (Å²) in [6.45, 7) is 4.32. The van der Waals surface area contributed by atoms with Gasteiger partial charge in [-0.25, -0.2) is 0 Å². The Labute approximate surface area is 117 Å². The zero-order valence-electron chi connectivity index (χ0n) is 11.6. The largest absolute Gasteiger partial charge is 0.329 e. The highest BCUT2D eigenvalue weighted by molar-refractivity contribution is 6.04. The molecular weight excluding hydrogens is 252 g/mol. The van der Waals surface area contributed by atoms with E-state index in [4.69, 9.17) is 0 Å². The number of anilines is 1. The molecule has 1 unspecified atom stereocenters. The molecule has 1 heterocycles.